The lowest BCUT2D eigenvalue weighted by Gasteiger charge is -2.20. The molecule has 0 aliphatic carbocycles. The van der Waals surface area contributed by atoms with Gasteiger partial charge in [-0.1, -0.05) is 424 Å². The summed E-state index contributed by atoms with van der Waals surface area (Å²) in [5, 5.41) is 23.3. The monoisotopic (exact) mass is 1200 g/mol. The lowest BCUT2D eigenvalue weighted by atomic mass is 10.0. The highest BCUT2D eigenvalue weighted by molar-refractivity contribution is 5.76. The number of carbonyl (C=O) groups excluding carboxylic acids is 2. The van der Waals surface area contributed by atoms with Gasteiger partial charge in [-0.25, -0.2) is 0 Å². The van der Waals surface area contributed by atoms with Gasteiger partial charge in [0.25, 0.3) is 0 Å². The van der Waals surface area contributed by atoms with Crippen LogP contribution in [0.3, 0.4) is 0 Å². The van der Waals surface area contributed by atoms with Gasteiger partial charge in [-0.15, -0.1) is 0 Å². The van der Waals surface area contributed by atoms with Crippen LogP contribution in [0.2, 0.25) is 0 Å². The maximum atomic E-state index is 12.6. The van der Waals surface area contributed by atoms with Crippen LogP contribution in [0.25, 0.3) is 0 Å². The van der Waals surface area contributed by atoms with Gasteiger partial charge in [-0.2, -0.15) is 0 Å². The second-order valence-corrected chi connectivity index (χ2v) is 27.4. The Labute approximate surface area is 533 Å². The van der Waals surface area contributed by atoms with E-state index in [2.05, 4.69) is 19.2 Å². The number of esters is 1. The molecule has 0 fully saturated rings. The molecule has 85 heavy (non-hydrogen) atoms. The average Bonchev–Trinajstić information content (AvgIpc) is 3.51. The van der Waals surface area contributed by atoms with Crippen molar-refractivity contribution in [2.75, 3.05) is 13.2 Å². The molecular formula is C79H155NO5. The summed E-state index contributed by atoms with van der Waals surface area (Å²) in [5.41, 5.74) is 0. The SMILES string of the molecule is CCCCCCCCCCCCCCCCCCCCCCCC/C=C/C(O)C(CO)NC(=O)CCCCCCCCCCCCCCCCCCCCCCCCCCCCCCCOC(=O)CCCCCCCCCCCCCCCCC. The highest BCUT2D eigenvalue weighted by Crippen LogP contribution is 2.20. The van der Waals surface area contributed by atoms with E-state index in [0.29, 0.717) is 19.4 Å². The summed E-state index contributed by atoms with van der Waals surface area (Å²) >= 11 is 0. The number of unbranched alkanes of at least 4 members (excludes halogenated alkanes) is 64. The lowest BCUT2D eigenvalue weighted by Crippen LogP contribution is -2.45. The van der Waals surface area contributed by atoms with Crippen LogP contribution in [-0.4, -0.2) is 47.4 Å². The Kier molecular flexibility index (Phi) is 73.8. The molecule has 2 atom stereocenters. The summed E-state index contributed by atoms with van der Waals surface area (Å²) < 4.78 is 5.51. The molecule has 1 amide bonds. The number of allylic oxidation sites excluding steroid dienone is 1. The molecule has 0 aromatic carbocycles. The molecule has 0 bridgehead atoms. The highest BCUT2D eigenvalue weighted by Gasteiger charge is 2.18. The van der Waals surface area contributed by atoms with E-state index in [4.69, 9.17) is 4.74 Å². The van der Waals surface area contributed by atoms with Crippen LogP contribution < -0.4 is 5.32 Å². The number of nitrogens with one attached hydrogen (secondary N) is 1. The Bertz CT molecular complexity index is 1290. The number of carbonyl (C=O) groups is 2. The van der Waals surface area contributed by atoms with Crippen molar-refractivity contribution >= 4 is 11.9 Å². The third kappa shape index (κ3) is 71.6. The van der Waals surface area contributed by atoms with Crippen LogP contribution in [0.1, 0.15) is 457 Å². The van der Waals surface area contributed by atoms with Crippen LogP contribution >= 0.6 is 0 Å². The molecule has 2 unspecified atom stereocenters. The van der Waals surface area contributed by atoms with Gasteiger partial charge in [-0.3, -0.25) is 9.59 Å². The molecule has 506 valence electrons. The normalized spacial score (nSPS) is 12.5. The molecule has 0 saturated heterocycles. The Hall–Kier alpha value is -1.40. The molecule has 6 heteroatoms. The maximum Gasteiger partial charge on any atom is 0.305 e. The quantitative estimate of drug-likeness (QED) is 0.0320. The lowest BCUT2D eigenvalue weighted by molar-refractivity contribution is -0.143. The van der Waals surface area contributed by atoms with Crippen LogP contribution in [0.5, 0.6) is 0 Å². The van der Waals surface area contributed by atoms with E-state index in [9.17, 15) is 19.8 Å². The van der Waals surface area contributed by atoms with Crippen molar-refractivity contribution in [1.82, 2.24) is 5.32 Å². The van der Waals surface area contributed by atoms with E-state index in [1.165, 1.54) is 392 Å². The number of rotatable bonds is 75. The Morgan fingerprint density at radius 1 is 0.318 bits per heavy atom. The zero-order valence-corrected chi connectivity index (χ0v) is 58.1. The van der Waals surface area contributed by atoms with Crippen molar-refractivity contribution in [3.63, 3.8) is 0 Å². The van der Waals surface area contributed by atoms with Crippen molar-refractivity contribution in [2.24, 2.45) is 0 Å². The zero-order valence-electron chi connectivity index (χ0n) is 58.1. The van der Waals surface area contributed by atoms with Gasteiger partial charge in [0.05, 0.1) is 25.4 Å². The molecule has 0 aromatic heterocycles. The molecule has 3 N–H and O–H groups in total. The zero-order chi connectivity index (χ0) is 61.3. The number of amides is 1. The van der Waals surface area contributed by atoms with E-state index in [1.54, 1.807) is 6.08 Å². The second kappa shape index (κ2) is 75.1. The summed E-state index contributed by atoms with van der Waals surface area (Å²) in [7, 11) is 0. The second-order valence-electron chi connectivity index (χ2n) is 27.4. The summed E-state index contributed by atoms with van der Waals surface area (Å²) in [4.78, 5) is 24.6. The molecule has 0 heterocycles. The van der Waals surface area contributed by atoms with Crippen LogP contribution in [0, 0.1) is 0 Å². The van der Waals surface area contributed by atoms with E-state index < -0.39 is 12.1 Å². The first-order chi connectivity index (χ1) is 42.0. The number of aliphatic hydroxyl groups is 2. The molecule has 0 saturated carbocycles. The molecule has 0 aliphatic rings. The highest BCUT2D eigenvalue weighted by atomic mass is 16.5. The number of aliphatic hydroxyl groups excluding tert-OH is 2. The third-order valence-electron chi connectivity index (χ3n) is 18.8. The maximum absolute atomic E-state index is 12.6. The smallest absolute Gasteiger partial charge is 0.305 e. The fourth-order valence-electron chi connectivity index (χ4n) is 12.8. The molecule has 0 aliphatic heterocycles. The minimum Gasteiger partial charge on any atom is -0.466 e. The van der Waals surface area contributed by atoms with Gasteiger partial charge in [0.15, 0.2) is 0 Å². The largest absolute Gasteiger partial charge is 0.466 e. The van der Waals surface area contributed by atoms with Crippen LogP contribution in [0.4, 0.5) is 0 Å². The number of ether oxygens (including phenoxy) is 1. The van der Waals surface area contributed by atoms with Crippen molar-refractivity contribution in [1.29, 1.82) is 0 Å². The predicted molar refractivity (Wildman–Crippen MR) is 375 cm³/mol. The first-order valence-electron chi connectivity index (χ1n) is 39.5. The summed E-state index contributed by atoms with van der Waals surface area (Å²) in [6.45, 7) is 4.97. The minimum absolute atomic E-state index is 0.0234. The third-order valence-corrected chi connectivity index (χ3v) is 18.8. The summed E-state index contributed by atoms with van der Waals surface area (Å²) in [6, 6.07) is -0.626. The van der Waals surface area contributed by atoms with Gasteiger partial charge >= 0.3 is 5.97 Å². The first-order valence-corrected chi connectivity index (χ1v) is 39.5. The van der Waals surface area contributed by atoms with E-state index >= 15 is 0 Å². The minimum atomic E-state index is -0.843. The fourth-order valence-corrected chi connectivity index (χ4v) is 12.8. The van der Waals surface area contributed by atoms with E-state index in [-0.39, 0.29) is 18.5 Å². The molecule has 0 rings (SSSR count). The fraction of sp³-hybridized carbons (Fsp3) is 0.949. The van der Waals surface area contributed by atoms with Gasteiger partial charge in [-0.05, 0) is 32.1 Å². The van der Waals surface area contributed by atoms with Crippen LogP contribution in [-0.2, 0) is 14.3 Å². The van der Waals surface area contributed by atoms with Crippen molar-refractivity contribution in [2.45, 2.75) is 469 Å². The Morgan fingerprint density at radius 2 is 0.541 bits per heavy atom. The number of hydrogen-bond acceptors (Lipinski definition) is 5. The molecule has 0 aromatic rings. The molecule has 0 spiro atoms. The number of hydrogen-bond donors (Lipinski definition) is 3. The van der Waals surface area contributed by atoms with Gasteiger partial charge < -0.3 is 20.3 Å². The van der Waals surface area contributed by atoms with Gasteiger partial charge in [0, 0.05) is 12.8 Å². The first kappa shape index (κ1) is 83.6. The summed E-state index contributed by atoms with van der Waals surface area (Å²) in [6.07, 6.45) is 94.7. The Morgan fingerprint density at radius 3 is 0.800 bits per heavy atom. The topological polar surface area (TPSA) is 95.9 Å². The van der Waals surface area contributed by atoms with E-state index in [0.717, 1.165) is 38.5 Å². The average molecular weight is 1200 g/mol. The standard InChI is InChI=1S/C79H155NO5/c1-3-5-7-9-11-13-15-17-19-20-21-22-23-31-34-37-40-44-47-51-55-59-63-67-71-77(82)76(75-81)80-78(83)72-68-64-60-56-52-48-45-41-38-35-32-29-27-25-24-26-28-30-33-36-39-42-46-50-54-58-62-66-70-74-85-79(84)73-69-65-61-57-53-49-43-18-16-14-12-10-8-6-4-2/h67,71,76-77,81-82H,3-66,68-70,72-75H2,1-2H3,(H,80,83)/b71-67+. The van der Waals surface area contributed by atoms with Crippen molar-refractivity contribution in [3.8, 4) is 0 Å². The summed E-state index contributed by atoms with van der Waals surface area (Å²) in [5.74, 6) is -0.0353. The molecule has 0 radical (unpaired) electrons. The van der Waals surface area contributed by atoms with E-state index in [1.807, 2.05) is 6.08 Å². The molecule has 6 nitrogen and oxygen atoms in total. The van der Waals surface area contributed by atoms with Gasteiger partial charge in [0.2, 0.25) is 5.91 Å². The van der Waals surface area contributed by atoms with Gasteiger partial charge in [0.1, 0.15) is 0 Å². The molecular weight excluding hydrogens is 1040 g/mol. The van der Waals surface area contributed by atoms with Crippen LogP contribution in [0.15, 0.2) is 12.2 Å². The predicted octanol–water partition coefficient (Wildman–Crippen LogP) is 25.9. The van der Waals surface area contributed by atoms with Crippen molar-refractivity contribution in [3.05, 3.63) is 12.2 Å². The van der Waals surface area contributed by atoms with Crippen molar-refractivity contribution < 1.29 is 24.5 Å². The Balaban J connectivity index is 3.35.